The molecule has 0 bridgehead atoms. The standard InChI is InChI=1S/C18H30N2O2/c1-20(2)12-6-11-19-13-16(21)14-22-18-10-5-8-15-7-3-4-9-17(15)18/h3-4,7,9,16,18-19,21H,5-6,8,10-14H2,1-2H3. The summed E-state index contributed by atoms with van der Waals surface area (Å²) in [5, 5.41) is 13.3. The van der Waals surface area contributed by atoms with E-state index in [0.29, 0.717) is 13.2 Å². The molecule has 4 heteroatoms. The second kappa shape index (κ2) is 9.26. The van der Waals surface area contributed by atoms with Crippen LogP contribution in [0.4, 0.5) is 0 Å². The maximum absolute atomic E-state index is 10.0. The molecule has 4 nitrogen and oxygen atoms in total. The summed E-state index contributed by atoms with van der Waals surface area (Å²) < 4.78 is 5.97. The molecule has 1 aromatic rings. The molecule has 22 heavy (non-hydrogen) atoms. The molecule has 0 radical (unpaired) electrons. The third-order valence-electron chi connectivity index (χ3n) is 4.14. The number of rotatable bonds is 9. The van der Waals surface area contributed by atoms with Crippen molar-refractivity contribution in [2.75, 3.05) is 40.3 Å². The molecule has 0 fully saturated rings. The van der Waals surface area contributed by atoms with E-state index >= 15 is 0 Å². The summed E-state index contributed by atoms with van der Waals surface area (Å²) >= 11 is 0. The smallest absolute Gasteiger partial charge is 0.0897 e. The molecule has 1 aliphatic carbocycles. The van der Waals surface area contributed by atoms with Gasteiger partial charge in [0.2, 0.25) is 0 Å². The van der Waals surface area contributed by atoms with Crippen molar-refractivity contribution in [3.63, 3.8) is 0 Å². The van der Waals surface area contributed by atoms with E-state index in [9.17, 15) is 5.11 Å². The number of benzene rings is 1. The van der Waals surface area contributed by atoms with Crippen LogP contribution in [0.2, 0.25) is 0 Å². The molecular weight excluding hydrogens is 276 g/mol. The molecule has 0 aliphatic heterocycles. The van der Waals surface area contributed by atoms with Crippen molar-refractivity contribution in [3.05, 3.63) is 35.4 Å². The second-order valence-electron chi connectivity index (χ2n) is 6.43. The van der Waals surface area contributed by atoms with Crippen molar-refractivity contribution in [3.8, 4) is 0 Å². The van der Waals surface area contributed by atoms with Crippen LogP contribution in [-0.2, 0) is 11.2 Å². The molecule has 0 saturated carbocycles. The fourth-order valence-electron chi connectivity index (χ4n) is 2.96. The van der Waals surface area contributed by atoms with Gasteiger partial charge < -0.3 is 20.1 Å². The number of hydrogen-bond donors (Lipinski definition) is 2. The summed E-state index contributed by atoms with van der Waals surface area (Å²) in [5.41, 5.74) is 2.70. The van der Waals surface area contributed by atoms with E-state index in [1.165, 1.54) is 17.5 Å². The predicted molar refractivity (Wildman–Crippen MR) is 90.1 cm³/mol. The number of fused-ring (bicyclic) bond motifs is 1. The summed E-state index contributed by atoms with van der Waals surface area (Å²) in [6, 6.07) is 8.51. The van der Waals surface area contributed by atoms with Crippen LogP contribution in [0.1, 0.15) is 36.5 Å². The zero-order valence-corrected chi connectivity index (χ0v) is 13.9. The Morgan fingerprint density at radius 3 is 3.00 bits per heavy atom. The highest BCUT2D eigenvalue weighted by atomic mass is 16.5. The quantitative estimate of drug-likeness (QED) is 0.685. The minimum Gasteiger partial charge on any atom is -0.389 e. The first-order valence-corrected chi connectivity index (χ1v) is 8.39. The van der Waals surface area contributed by atoms with E-state index in [1.54, 1.807) is 0 Å². The van der Waals surface area contributed by atoms with E-state index < -0.39 is 6.10 Å². The van der Waals surface area contributed by atoms with Gasteiger partial charge in [0.25, 0.3) is 0 Å². The highest BCUT2D eigenvalue weighted by Gasteiger charge is 2.21. The molecule has 0 saturated heterocycles. The number of aliphatic hydroxyl groups excluding tert-OH is 1. The molecular formula is C18H30N2O2. The van der Waals surface area contributed by atoms with Gasteiger partial charge in [0.1, 0.15) is 0 Å². The number of aryl methyl sites for hydroxylation is 1. The van der Waals surface area contributed by atoms with E-state index in [1.807, 2.05) is 0 Å². The molecule has 0 amide bonds. The lowest BCUT2D eigenvalue weighted by Gasteiger charge is -2.26. The van der Waals surface area contributed by atoms with Gasteiger partial charge in [-0.3, -0.25) is 0 Å². The topological polar surface area (TPSA) is 44.7 Å². The van der Waals surface area contributed by atoms with Crippen molar-refractivity contribution in [1.82, 2.24) is 10.2 Å². The predicted octanol–water partition coefficient (Wildman–Crippen LogP) is 1.98. The van der Waals surface area contributed by atoms with Crippen LogP contribution in [0.15, 0.2) is 24.3 Å². The number of nitrogens with one attached hydrogen (secondary N) is 1. The zero-order valence-electron chi connectivity index (χ0n) is 13.9. The maximum atomic E-state index is 10.0. The summed E-state index contributed by atoms with van der Waals surface area (Å²) in [4.78, 5) is 2.17. The van der Waals surface area contributed by atoms with Gasteiger partial charge in [-0.2, -0.15) is 0 Å². The minimum absolute atomic E-state index is 0.147. The first-order chi connectivity index (χ1) is 10.7. The lowest BCUT2D eigenvalue weighted by Crippen LogP contribution is -2.32. The third kappa shape index (κ3) is 5.69. The Kier molecular flexibility index (Phi) is 7.33. The summed E-state index contributed by atoms with van der Waals surface area (Å²) in [6.45, 7) is 3.00. The lowest BCUT2D eigenvalue weighted by molar-refractivity contribution is -0.0166. The van der Waals surface area contributed by atoms with Gasteiger partial charge in [0.05, 0.1) is 18.8 Å². The number of aliphatic hydroxyl groups is 1. The molecule has 0 spiro atoms. The molecule has 1 aliphatic rings. The van der Waals surface area contributed by atoms with Crippen molar-refractivity contribution in [2.45, 2.75) is 37.9 Å². The fraction of sp³-hybridized carbons (Fsp3) is 0.667. The second-order valence-corrected chi connectivity index (χ2v) is 6.43. The lowest BCUT2D eigenvalue weighted by atomic mass is 9.89. The summed E-state index contributed by atoms with van der Waals surface area (Å²) in [5.74, 6) is 0. The van der Waals surface area contributed by atoms with Gasteiger partial charge in [-0.15, -0.1) is 0 Å². The Labute approximate surface area is 134 Å². The van der Waals surface area contributed by atoms with Crippen LogP contribution < -0.4 is 5.32 Å². The molecule has 2 N–H and O–H groups in total. The number of hydrogen-bond acceptors (Lipinski definition) is 4. The zero-order chi connectivity index (χ0) is 15.8. The molecule has 2 unspecified atom stereocenters. The first-order valence-electron chi connectivity index (χ1n) is 8.39. The van der Waals surface area contributed by atoms with Crippen molar-refractivity contribution < 1.29 is 9.84 Å². The van der Waals surface area contributed by atoms with Crippen molar-refractivity contribution >= 4 is 0 Å². The molecule has 0 heterocycles. The highest BCUT2D eigenvalue weighted by molar-refractivity contribution is 5.31. The van der Waals surface area contributed by atoms with E-state index in [2.05, 4.69) is 48.6 Å². The number of nitrogens with zero attached hydrogens (tertiary/aromatic N) is 1. The minimum atomic E-state index is -0.437. The highest BCUT2D eigenvalue weighted by Crippen LogP contribution is 2.32. The number of ether oxygens (including phenoxy) is 1. The van der Waals surface area contributed by atoms with Gasteiger partial charge in [-0.25, -0.2) is 0 Å². The average Bonchev–Trinajstić information content (AvgIpc) is 2.52. The van der Waals surface area contributed by atoms with Gasteiger partial charge in [-0.1, -0.05) is 24.3 Å². The first kappa shape index (κ1) is 17.4. The summed E-state index contributed by atoms with van der Waals surface area (Å²) in [6.07, 6.45) is 4.17. The third-order valence-corrected chi connectivity index (χ3v) is 4.14. The monoisotopic (exact) mass is 306 g/mol. The van der Waals surface area contributed by atoms with Gasteiger partial charge in [0.15, 0.2) is 0 Å². The van der Waals surface area contributed by atoms with E-state index in [-0.39, 0.29) is 6.10 Å². The average molecular weight is 306 g/mol. The van der Waals surface area contributed by atoms with Crippen molar-refractivity contribution in [2.24, 2.45) is 0 Å². The Bertz CT molecular complexity index is 437. The normalized spacial score (nSPS) is 19.2. The van der Waals surface area contributed by atoms with Crippen LogP contribution >= 0.6 is 0 Å². The molecule has 1 aromatic carbocycles. The Hall–Kier alpha value is -0.940. The van der Waals surface area contributed by atoms with Crippen LogP contribution in [-0.4, -0.2) is 56.4 Å². The van der Waals surface area contributed by atoms with Gasteiger partial charge in [0, 0.05) is 6.54 Å². The molecule has 2 atom stereocenters. The van der Waals surface area contributed by atoms with Crippen LogP contribution in [0.5, 0.6) is 0 Å². The molecule has 2 rings (SSSR count). The Balaban J connectivity index is 1.66. The Morgan fingerprint density at radius 2 is 2.18 bits per heavy atom. The SMILES string of the molecule is CN(C)CCCNCC(O)COC1CCCc2ccccc21. The van der Waals surface area contributed by atoms with Crippen LogP contribution in [0.3, 0.4) is 0 Å². The maximum Gasteiger partial charge on any atom is 0.0897 e. The van der Waals surface area contributed by atoms with Gasteiger partial charge >= 0.3 is 0 Å². The fourth-order valence-corrected chi connectivity index (χ4v) is 2.96. The summed E-state index contributed by atoms with van der Waals surface area (Å²) in [7, 11) is 4.15. The van der Waals surface area contributed by atoms with E-state index in [0.717, 1.165) is 32.4 Å². The van der Waals surface area contributed by atoms with Crippen LogP contribution in [0.25, 0.3) is 0 Å². The molecule has 0 aromatic heterocycles. The molecule has 124 valence electrons. The van der Waals surface area contributed by atoms with Crippen molar-refractivity contribution in [1.29, 1.82) is 0 Å². The van der Waals surface area contributed by atoms with E-state index in [4.69, 9.17) is 4.74 Å². The Morgan fingerprint density at radius 1 is 1.36 bits per heavy atom. The van der Waals surface area contributed by atoms with Crippen LogP contribution in [0, 0.1) is 0 Å². The largest absolute Gasteiger partial charge is 0.389 e. The van der Waals surface area contributed by atoms with Gasteiger partial charge in [-0.05, 0) is 64.0 Å².